The third-order valence-electron chi connectivity index (χ3n) is 5.09. The second kappa shape index (κ2) is 5.63. The minimum atomic E-state index is -0.277. The Kier molecular flexibility index (Phi) is 4.03. The van der Waals surface area contributed by atoms with Crippen LogP contribution in [0.5, 0.6) is 0 Å². The highest BCUT2D eigenvalue weighted by molar-refractivity contribution is 5.18. The summed E-state index contributed by atoms with van der Waals surface area (Å²) < 4.78 is 0. The maximum Gasteiger partial charge on any atom is 0.122 e. The fourth-order valence-electron chi connectivity index (χ4n) is 3.73. The molecule has 112 valence electrons. The van der Waals surface area contributed by atoms with Gasteiger partial charge in [-0.1, -0.05) is 0 Å². The van der Waals surface area contributed by atoms with E-state index in [0.29, 0.717) is 12.0 Å². The van der Waals surface area contributed by atoms with Crippen LogP contribution in [0.25, 0.3) is 0 Å². The topological polar surface area (TPSA) is 42.3 Å². The normalized spacial score (nSPS) is 30.4. The summed E-state index contributed by atoms with van der Waals surface area (Å²) in [5.41, 5.74) is -0.277. The van der Waals surface area contributed by atoms with Gasteiger partial charge >= 0.3 is 0 Å². The highest BCUT2D eigenvalue weighted by atomic mass is 15.2. The van der Waals surface area contributed by atoms with Crippen molar-refractivity contribution in [3.8, 4) is 6.07 Å². The zero-order chi connectivity index (χ0) is 14.2. The molecular weight excluding hydrogens is 248 g/mol. The predicted octanol–water partition coefficient (Wildman–Crippen LogP) is 1.29. The fourth-order valence-corrected chi connectivity index (χ4v) is 3.73. The lowest BCUT2D eigenvalue weighted by Crippen LogP contribution is -2.55. The molecule has 2 atom stereocenters. The Bertz CT molecular complexity index is 382. The SMILES string of the molecule is CN1CCC(CN(C)CC(C#N)(NC2CC2)C2CC2)C1. The lowest BCUT2D eigenvalue weighted by molar-refractivity contribution is 0.201. The van der Waals surface area contributed by atoms with Gasteiger partial charge < -0.3 is 9.80 Å². The Morgan fingerprint density at radius 2 is 2.05 bits per heavy atom. The number of likely N-dealkylation sites (N-methyl/N-ethyl adjacent to an activating group) is 1. The number of rotatable bonds is 7. The Morgan fingerprint density at radius 1 is 1.30 bits per heavy atom. The summed E-state index contributed by atoms with van der Waals surface area (Å²) in [5.74, 6) is 1.36. The van der Waals surface area contributed by atoms with Crippen LogP contribution in [0.2, 0.25) is 0 Å². The predicted molar refractivity (Wildman–Crippen MR) is 80.3 cm³/mol. The van der Waals surface area contributed by atoms with Gasteiger partial charge in [-0.15, -0.1) is 0 Å². The molecular formula is C16H28N4. The first-order valence-electron chi connectivity index (χ1n) is 8.17. The Balaban J connectivity index is 1.56. The van der Waals surface area contributed by atoms with Crippen molar-refractivity contribution >= 4 is 0 Å². The van der Waals surface area contributed by atoms with Crippen LogP contribution in [0, 0.1) is 23.2 Å². The molecule has 0 radical (unpaired) electrons. The lowest BCUT2D eigenvalue weighted by atomic mass is 9.93. The fraction of sp³-hybridized carbons (Fsp3) is 0.938. The first-order valence-corrected chi connectivity index (χ1v) is 8.17. The van der Waals surface area contributed by atoms with Crippen molar-refractivity contribution in [1.29, 1.82) is 5.26 Å². The van der Waals surface area contributed by atoms with Gasteiger partial charge in [0.2, 0.25) is 0 Å². The summed E-state index contributed by atoms with van der Waals surface area (Å²) in [6.07, 6.45) is 6.28. The molecule has 2 aliphatic carbocycles. The Morgan fingerprint density at radius 3 is 2.55 bits per heavy atom. The molecule has 3 fully saturated rings. The van der Waals surface area contributed by atoms with Gasteiger partial charge in [0.25, 0.3) is 0 Å². The molecule has 0 amide bonds. The molecule has 1 heterocycles. The second-order valence-electron chi connectivity index (χ2n) is 7.39. The van der Waals surface area contributed by atoms with Crippen molar-refractivity contribution in [2.75, 3.05) is 40.3 Å². The number of nitrogens with one attached hydrogen (secondary N) is 1. The van der Waals surface area contributed by atoms with Gasteiger partial charge in [-0.3, -0.25) is 5.32 Å². The molecule has 1 saturated heterocycles. The molecule has 0 aromatic heterocycles. The second-order valence-corrected chi connectivity index (χ2v) is 7.39. The molecule has 2 saturated carbocycles. The number of hydrogen-bond acceptors (Lipinski definition) is 4. The van der Waals surface area contributed by atoms with Gasteiger partial charge in [-0.05, 0) is 64.6 Å². The van der Waals surface area contributed by atoms with Gasteiger partial charge in [0.1, 0.15) is 5.54 Å². The molecule has 3 aliphatic rings. The van der Waals surface area contributed by atoms with Crippen LogP contribution < -0.4 is 5.32 Å². The van der Waals surface area contributed by atoms with Crippen molar-refractivity contribution in [1.82, 2.24) is 15.1 Å². The molecule has 0 bridgehead atoms. The van der Waals surface area contributed by atoms with E-state index in [9.17, 15) is 5.26 Å². The summed E-state index contributed by atoms with van der Waals surface area (Å²) in [6.45, 7) is 4.46. The van der Waals surface area contributed by atoms with Crippen LogP contribution in [-0.2, 0) is 0 Å². The summed E-state index contributed by atoms with van der Waals surface area (Å²) in [7, 11) is 4.40. The standard InChI is InChI=1S/C16H28N4/c1-19-8-7-13(9-19)10-20(2)12-16(11-17,14-3-4-14)18-15-5-6-15/h13-15,18H,3-10,12H2,1-2H3. The van der Waals surface area contributed by atoms with E-state index in [0.717, 1.165) is 19.0 Å². The van der Waals surface area contributed by atoms with Gasteiger partial charge in [-0.2, -0.15) is 5.26 Å². The summed E-state index contributed by atoms with van der Waals surface area (Å²) in [6, 6.07) is 3.26. The first kappa shape index (κ1) is 14.3. The third kappa shape index (κ3) is 3.33. The van der Waals surface area contributed by atoms with Crippen molar-refractivity contribution in [2.45, 2.75) is 43.7 Å². The average molecular weight is 276 g/mol. The number of likely N-dealkylation sites (tertiary alicyclic amines) is 1. The Hall–Kier alpha value is -0.630. The minimum absolute atomic E-state index is 0.277. The van der Waals surface area contributed by atoms with Crippen LogP contribution in [0.4, 0.5) is 0 Å². The molecule has 1 N–H and O–H groups in total. The summed E-state index contributed by atoms with van der Waals surface area (Å²) >= 11 is 0. The van der Waals surface area contributed by atoms with E-state index in [4.69, 9.17) is 0 Å². The van der Waals surface area contributed by atoms with E-state index in [1.165, 1.54) is 45.2 Å². The summed E-state index contributed by atoms with van der Waals surface area (Å²) in [5, 5.41) is 13.4. The molecule has 3 rings (SSSR count). The van der Waals surface area contributed by atoms with Crippen LogP contribution in [0.3, 0.4) is 0 Å². The molecule has 0 aromatic carbocycles. The highest BCUT2D eigenvalue weighted by Crippen LogP contribution is 2.41. The molecule has 1 aliphatic heterocycles. The van der Waals surface area contributed by atoms with Gasteiger partial charge in [0.15, 0.2) is 0 Å². The lowest BCUT2D eigenvalue weighted by Gasteiger charge is -2.33. The first-order chi connectivity index (χ1) is 9.61. The van der Waals surface area contributed by atoms with Gasteiger partial charge in [0.05, 0.1) is 6.07 Å². The molecule has 0 aromatic rings. The molecule has 4 nitrogen and oxygen atoms in total. The average Bonchev–Trinajstić information content (AvgIpc) is 3.30. The molecule has 4 heteroatoms. The number of nitrogens with zero attached hydrogens (tertiary/aromatic N) is 3. The zero-order valence-electron chi connectivity index (χ0n) is 12.9. The van der Waals surface area contributed by atoms with Crippen molar-refractivity contribution in [3.63, 3.8) is 0 Å². The maximum absolute atomic E-state index is 9.77. The van der Waals surface area contributed by atoms with Crippen LogP contribution in [-0.4, -0.2) is 61.7 Å². The quantitative estimate of drug-likeness (QED) is 0.761. The van der Waals surface area contributed by atoms with E-state index in [-0.39, 0.29) is 5.54 Å². The number of nitriles is 1. The van der Waals surface area contributed by atoms with Gasteiger partial charge in [-0.25, -0.2) is 0 Å². The van der Waals surface area contributed by atoms with Crippen molar-refractivity contribution < 1.29 is 0 Å². The largest absolute Gasteiger partial charge is 0.306 e. The monoisotopic (exact) mass is 276 g/mol. The third-order valence-corrected chi connectivity index (χ3v) is 5.09. The van der Waals surface area contributed by atoms with E-state index >= 15 is 0 Å². The number of hydrogen-bond donors (Lipinski definition) is 1. The van der Waals surface area contributed by atoms with Crippen LogP contribution in [0.15, 0.2) is 0 Å². The molecule has 0 spiro atoms. The Labute approximate surface area is 123 Å². The van der Waals surface area contributed by atoms with Crippen LogP contribution >= 0.6 is 0 Å². The van der Waals surface area contributed by atoms with Gasteiger partial charge in [0, 0.05) is 25.7 Å². The van der Waals surface area contributed by atoms with E-state index in [2.05, 4.69) is 35.3 Å². The van der Waals surface area contributed by atoms with Crippen molar-refractivity contribution in [2.24, 2.45) is 11.8 Å². The minimum Gasteiger partial charge on any atom is -0.306 e. The molecule has 2 unspecified atom stereocenters. The maximum atomic E-state index is 9.77. The van der Waals surface area contributed by atoms with Crippen molar-refractivity contribution in [3.05, 3.63) is 0 Å². The zero-order valence-corrected chi connectivity index (χ0v) is 12.9. The highest BCUT2D eigenvalue weighted by Gasteiger charge is 2.48. The van der Waals surface area contributed by atoms with Crippen LogP contribution in [0.1, 0.15) is 32.1 Å². The summed E-state index contributed by atoms with van der Waals surface area (Å²) in [4.78, 5) is 4.82. The van der Waals surface area contributed by atoms with E-state index in [1.54, 1.807) is 0 Å². The smallest absolute Gasteiger partial charge is 0.122 e. The molecule has 20 heavy (non-hydrogen) atoms. The van der Waals surface area contributed by atoms with E-state index in [1.807, 2.05) is 0 Å². The van der Waals surface area contributed by atoms with E-state index < -0.39 is 0 Å².